The number of hydrogen-bond acceptors (Lipinski definition) is 6. The minimum absolute atomic E-state index is 0.0951. The zero-order valence-corrected chi connectivity index (χ0v) is 34.3. The van der Waals surface area contributed by atoms with Crippen molar-refractivity contribution in [3.8, 4) is 0 Å². The fraction of sp³-hybridized carbons (Fsp3) is 0.681. The largest absolute Gasteiger partial charge is 0.462 e. The summed E-state index contributed by atoms with van der Waals surface area (Å²) in [4.78, 5) is 37.4. The molecule has 0 aliphatic carbocycles. The van der Waals surface area contributed by atoms with Crippen LogP contribution in [0.4, 0.5) is 0 Å². The second kappa shape index (κ2) is 41.6. The van der Waals surface area contributed by atoms with Gasteiger partial charge in [-0.05, 0) is 64.2 Å². The molecule has 6 heteroatoms. The molecule has 0 aliphatic heterocycles. The third-order valence-corrected chi connectivity index (χ3v) is 8.73. The quantitative estimate of drug-likeness (QED) is 0.0273. The van der Waals surface area contributed by atoms with Gasteiger partial charge in [0.1, 0.15) is 13.2 Å². The van der Waals surface area contributed by atoms with Crippen molar-refractivity contribution in [3.05, 3.63) is 72.9 Å². The van der Waals surface area contributed by atoms with Crippen LogP contribution in [-0.2, 0) is 28.6 Å². The van der Waals surface area contributed by atoms with E-state index in [0.29, 0.717) is 12.8 Å². The Bertz CT molecular complexity index is 1030. The fourth-order valence-corrected chi connectivity index (χ4v) is 5.52. The highest BCUT2D eigenvalue weighted by atomic mass is 16.6. The number of carbonyl (C=O) groups is 3. The van der Waals surface area contributed by atoms with E-state index in [-0.39, 0.29) is 38.0 Å². The lowest BCUT2D eigenvalue weighted by molar-refractivity contribution is -0.166. The van der Waals surface area contributed by atoms with Crippen LogP contribution in [0.15, 0.2) is 72.9 Å². The number of allylic oxidation sites excluding steroid dienone is 11. The van der Waals surface area contributed by atoms with Crippen molar-refractivity contribution in [1.29, 1.82) is 0 Å². The van der Waals surface area contributed by atoms with Gasteiger partial charge in [0.15, 0.2) is 6.10 Å². The number of rotatable bonds is 37. The molecule has 53 heavy (non-hydrogen) atoms. The van der Waals surface area contributed by atoms with Crippen molar-refractivity contribution in [3.63, 3.8) is 0 Å². The van der Waals surface area contributed by atoms with Gasteiger partial charge in [-0.2, -0.15) is 0 Å². The molecule has 0 bridgehead atoms. The number of ether oxygens (including phenoxy) is 3. The zero-order chi connectivity index (χ0) is 38.7. The smallest absolute Gasteiger partial charge is 0.310 e. The first-order valence-corrected chi connectivity index (χ1v) is 21.4. The summed E-state index contributed by atoms with van der Waals surface area (Å²) in [6.07, 6.45) is 50.8. The average molecular weight is 739 g/mol. The summed E-state index contributed by atoms with van der Waals surface area (Å²) in [5.74, 6) is -1.12. The number of unbranched alkanes of at least 4 members (excludes halogenated alkanes) is 15. The molecule has 0 aromatic heterocycles. The molecule has 0 aromatic rings. The maximum absolute atomic E-state index is 12.6. The Morgan fingerprint density at radius 3 is 1.32 bits per heavy atom. The SMILES string of the molecule is CC/C=C\C/C=C\C/C=C\CC(=O)OC(COC(=O)CCC/C=C\C/C=C\C/C=C\CCCCCCCC)COC(=O)CCCCCCCCCCC. The van der Waals surface area contributed by atoms with Gasteiger partial charge in [0.2, 0.25) is 0 Å². The topological polar surface area (TPSA) is 78.9 Å². The highest BCUT2D eigenvalue weighted by Gasteiger charge is 2.19. The van der Waals surface area contributed by atoms with Gasteiger partial charge in [0, 0.05) is 12.8 Å². The van der Waals surface area contributed by atoms with Crippen molar-refractivity contribution >= 4 is 17.9 Å². The lowest BCUT2D eigenvalue weighted by atomic mass is 10.1. The Hall–Kier alpha value is -3.15. The van der Waals surface area contributed by atoms with E-state index in [1.54, 1.807) is 6.08 Å². The molecule has 0 fully saturated rings. The predicted molar refractivity (Wildman–Crippen MR) is 224 cm³/mol. The summed E-state index contributed by atoms with van der Waals surface area (Å²) in [5, 5.41) is 0. The predicted octanol–water partition coefficient (Wildman–Crippen LogP) is 13.5. The van der Waals surface area contributed by atoms with Crippen molar-refractivity contribution in [2.24, 2.45) is 0 Å². The minimum atomic E-state index is -0.839. The van der Waals surface area contributed by atoms with Gasteiger partial charge in [-0.15, -0.1) is 0 Å². The Kier molecular flexibility index (Phi) is 39.1. The van der Waals surface area contributed by atoms with Gasteiger partial charge >= 0.3 is 17.9 Å². The van der Waals surface area contributed by atoms with Gasteiger partial charge in [-0.1, -0.05) is 177 Å². The minimum Gasteiger partial charge on any atom is -0.462 e. The second-order valence-electron chi connectivity index (χ2n) is 13.9. The molecule has 0 saturated heterocycles. The number of esters is 3. The van der Waals surface area contributed by atoms with Crippen molar-refractivity contribution < 1.29 is 28.6 Å². The molecule has 0 rings (SSSR count). The first-order valence-electron chi connectivity index (χ1n) is 21.4. The van der Waals surface area contributed by atoms with Gasteiger partial charge in [0.25, 0.3) is 0 Å². The van der Waals surface area contributed by atoms with Crippen molar-refractivity contribution in [2.75, 3.05) is 13.2 Å². The molecule has 1 atom stereocenters. The van der Waals surface area contributed by atoms with E-state index in [1.807, 2.05) is 6.08 Å². The van der Waals surface area contributed by atoms with Crippen LogP contribution in [0.2, 0.25) is 0 Å². The highest BCUT2D eigenvalue weighted by molar-refractivity contribution is 5.72. The van der Waals surface area contributed by atoms with Crippen LogP contribution in [0.3, 0.4) is 0 Å². The van der Waals surface area contributed by atoms with E-state index >= 15 is 0 Å². The molecular weight excluding hydrogens is 661 g/mol. The Morgan fingerprint density at radius 2 is 0.811 bits per heavy atom. The molecule has 0 radical (unpaired) electrons. The van der Waals surface area contributed by atoms with E-state index in [0.717, 1.165) is 57.8 Å². The first-order chi connectivity index (χ1) is 26.0. The maximum Gasteiger partial charge on any atom is 0.310 e. The number of carbonyl (C=O) groups excluding carboxylic acids is 3. The molecule has 0 amide bonds. The molecule has 0 aliphatic rings. The molecule has 0 N–H and O–H groups in total. The molecular formula is C47H78O6. The summed E-state index contributed by atoms with van der Waals surface area (Å²) in [6, 6.07) is 0. The standard InChI is InChI=1S/C47H78O6/c1-4-7-10-13-16-19-20-21-22-23-24-25-26-29-31-34-37-40-46(49)52-43-44(53-47(50)41-38-35-32-28-18-15-12-9-6-3)42-51-45(48)39-36-33-30-27-17-14-11-8-5-2/h9,12,18,21-22,24-25,28-29,31,35,38,44H,4-8,10-11,13-17,19-20,23,26-27,30,32-34,36-37,39-43H2,1-3H3/b12-9-,22-21-,25-24-,28-18-,31-29-,38-35-. The molecule has 1 unspecified atom stereocenters. The zero-order valence-electron chi connectivity index (χ0n) is 34.3. The molecule has 6 nitrogen and oxygen atoms in total. The molecule has 0 saturated carbocycles. The lowest BCUT2D eigenvalue weighted by Crippen LogP contribution is -2.30. The normalized spacial score (nSPS) is 12.7. The van der Waals surface area contributed by atoms with Crippen LogP contribution in [0.1, 0.15) is 188 Å². The van der Waals surface area contributed by atoms with E-state index in [1.165, 1.54) is 83.5 Å². The Labute approximate surface area is 325 Å². The van der Waals surface area contributed by atoms with Gasteiger partial charge in [-0.3, -0.25) is 14.4 Å². The monoisotopic (exact) mass is 739 g/mol. The Balaban J connectivity index is 4.47. The fourth-order valence-electron chi connectivity index (χ4n) is 5.52. The van der Waals surface area contributed by atoms with Gasteiger partial charge in [-0.25, -0.2) is 0 Å². The molecule has 0 aromatic carbocycles. The number of hydrogen-bond donors (Lipinski definition) is 0. The van der Waals surface area contributed by atoms with Gasteiger partial charge < -0.3 is 14.2 Å². The van der Waals surface area contributed by atoms with Crippen molar-refractivity contribution in [1.82, 2.24) is 0 Å². The van der Waals surface area contributed by atoms with E-state index < -0.39 is 12.1 Å². The Morgan fingerprint density at radius 1 is 0.415 bits per heavy atom. The summed E-state index contributed by atoms with van der Waals surface area (Å²) in [5.41, 5.74) is 0. The third kappa shape index (κ3) is 39.9. The van der Waals surface area contributed by atoms with Crippen LogP contribution < -0.4 is 0 Å². The highest BCUT2D eigenvalue weighted by Crippen LogP contribution is 2.12. The second-order valence-corrected chi connectivity index (χ2v) is 13.9. The molecule has 0 heterocycles. The summed E-state index contributed by atoms with van der Waals surface area (Å²) >= 11 is 0. The van der Waals surface area contributed by atoms with Crippen LogP contribution in [0, 0.1) is 0 Å². The molecule has 302 valence electrons. The van der Waals surface area contributed by atoms with Crippen molar-refractivity contribution in [2.45, 2.75) is 194 Å². The molecule has 0 spiro atoms. The summed E-state index contributed by atoms with van der Waals surface area (Å²) < 4.78 is 16.5. The average Bonchev–Trinajstić information content (AvgIpc) is 3.15. The van der Waals surface area contributed by atoms with Crippen LogP contribution in [-0.4, -0.2) is 37.2 Å². The van der Waals surface area contributed by atoms with Crippen LogP contribution in [0.25, 0.3) is 0 Å². The van der Waals surface area contributed by atoms with E-state index in [2.05, 4.69) is 81.5 Å². The maximum atomic E-state index is 12.6. The van der Waals surface area contributed by atoms with Crippen LogP contribution >= 0.6 is 0 Å². The third-order valence-electron chi connectivity index (χ3n) is 8.73. The summed E-state index contributed by atoms with van der Waals surface area (Å²) in [6.45, 7) is 6.32. The summed E-state index contributed by atoms with van der Waals surface area (Å²) in [7, 11) is 0. The van der Waals surface area contributed by atoms with Crippen LogP contribution in [0.5, 0.6) is 0 Å². The van der Waals surface area contributed by atoms with Gasteiger partial charge in [0.05, 0.1) is 6.42 Å². The van der Waals surface area contributed by atoms with E-state index in [9.17, 15) is 14.4 Å². The van der Waals surface area contributed by atoms with E-state index in [4.69, 9.17) is 14.2 Å². The lowest BCUT2D eigenvalue weighted by Gasteiger charge is -2.18. The first kappa shape index (κ1) is 49.9.